The number of benzene rings is 1. The van der Waals surface area contributed by atoms with Crippen LogP contribution >= 0.6 is 11.3 Å². The van der Waals surface area contributed by atoms with Crippen LogP contribution in [0.25, 0.3) is 21.8 Å². The zero-order valence-corrected chi connectivity index (χ0v) is 14.8. The first-order valence-corrected chi connectivity index (χ1v) is 8.70. The fourth-order valence-electron chi connectivity index (χ4n) is 2.78. The minimum atomic E-state index is 0.469. The maximum atomic E-state index is 6.15. The number of rotatable bonds is 4. The molecule has 2 N–H and O–H groups in total. The molecule has 4 rings (SSSR count). The van der Waals surface area contributed by atoms with Crippen LogP contribution in [0.3, 0.4) is 0 Å². The number of para-hydroxylation sites is 1. The molecule has 0 fully saturated rings. The van der Waals surface area contributed by atoms with E-state index in [1.165, 1.54) is 0 Å². The smallest absolute Gasteiger partial charge is 0.199 e. The molecule has 0 radical (unpaired) electrons. The number of furan rings is 1. The third-order valence-electron chi connectivity index (χ3n) is 3.99. The van der Waals surface area contributed by atoms with Gasteiger partial charge in [-0.1, -0.05) is 18.2 Å². The molecule has 0 aliphatic rings. The number of fused-ring (bicyclic) bond motifs is 1. The van der Waals surface area contributed by atoms with E-state index in [-0.39, 0.29) is 0 Å². The summed E-state index contributed by atoms with van der Waals surface area (Å²) in [4.78, 5) is 11.0. The Balaban J connectivity index is 1.74. The average Bonchev–Trinajstić information content (AvgIpc) is 3.21. The summed E-state index contributed by atoms with van der Waals surface area (Å²) in [7, 11) is 1.69. The van der Waals surface area contributed by atoms with Gasteiger partial charge in [0.1, 0.15) is 22.2 Å². The average molecular weight is 351 g/mol. The predicted molar refractivity (Wildman–Crippen MR) is 100 cm³/mol. The van der Waals surface area contributed by atoms with Crippen LogP contribution < -0.4 is 10.5 Å². The second-order valence-corrected chi connectivity index (χ2v) is 6.88. The van der Waals surface area contributed by atoms with Crippen molar-refractivity contribution in [2.75, 3.05) is 12.8 Å². The van der Waals surface area contributed by atoms with Crippen molar-refractivity contribution in [1.82, 2.24) is 9.97 Å². The van der Waals surface area contributed by atoms with Crippen LogP contribution in [0.15, 0.2) is 46.9 Å². The molecule has 0 aliphatic heterocycles. The van der Waals surface area contributed by atoms with Crippen LogP contribution in [0, 0.1) is 6.92 Å². The van der Waals surface area contributed by atoms with Gasteiger partial charge in [0.25, 0.3) is 0 Å². The van der Waals surface area contributed by atoms with E-state index in [2.05, 4.69) is 22.1 Å². The van der Waals surface area contributed by atoms with E-state index < -0.39 is 0 Å². The molecular weight excluding hydrogens is 334 g/mol. The Morgan fingerprint density at radius 3 is 2.76 bits per heavy atom. The minimum absolute atomic E-state index is 0.469. The van der Waals surface area contributed by atoms with E-state index in [0.29, 0.717) is 17.4 Å². The number of hydrogen-bond donors (Lipinski definition) is 1. The molecule has 25 heavy (non-hydrogen) atoms. The van der Waals surface area contributed by atoms with Gasteiger partial charge in [-0.05, 0) is 36.8 Å². The number of nitrogens with zero attached hydrogens (tertiary/aromatic N) is 2. The number of methoxy groups -OCH3 is 1. The molecule has 5 nitrogen and oxygen atoms in total. The van der Waals surface area contributed by atoms with Gasteiger partial charge in [0.05, 0.1) is 12.5 Å². The van der Waals surface area contributed by atoms with Gasteiger partial charge in [0.15, 0.2) is 11.6 Å². The summed E-state index contributed by atoms with van der Waals surface area (Å²) in [5, 5.41) is 0.877. The summed E-state index contributed by atoms with van der Waals surface area (Å²) in [6.07, 6.45) is 0.764. The van der Waals surface area contributed by atoms with Crippen molar-refractivity contribution in [1.29, 1.82) is 0 Å². The number of hydrogen-bond acceptors (Lipinski definition) is 6. The molecule has 0 saturated heterocycles. The monoisotopic (exact) mass is 351 g/mol. The van der Waals surface area contributed by atoms with Crippen molar-refractivity contribution in [3.63, 3.8) is 0 Å². The number of nitrogen functional groups attached to an aromatic ring is 1. The maximum Gasteiger partial charge on any atom is 0.199 e. The van der Waals surface area contributed by atoms with Crippen LogP contribution in [0.1, 0.15) is 16.2 Å². The van der Waals surface area contributed by atoms with Crippen LogP contribution in [0.2, 0.25) is 0 Å². The van der Waals surface area contributed by atoms with Crippen molar-refractivity contribution in [3.05, 3.63) is 58.7 Å². The highest BCUT2D eigenvalue weighted by atomic mass is 32.1. The van der Waals surface area contributed by atoms with E-state index in [1.54, 1.807) is 18.4 Å². The van der Waals surface area contributed by atoms with Crippen molar-refractivity contribution >= 4 is 27.4 Å². The summed E-state index contributed by atoms with van der Waals surface area (Å²) < 4.78 is 11.0. The summed E-state index contributed by atoms with van der Waals surface area (Å²) in [5.74, 6) is 3.32. The van der Waals surface area contributed by atoms with E-state index in [9.17, 15) is 0 Å². The molecule has 0 bridgehead atoms. The van der Waals surface area contributed by atoms with Gasteiger partial charge < -0.3 is 14.9 Å². The first-order valence-electron chi connectivity index (χ1n) is 7.88. The van der Waals surface area contributed by atoms with Gasteiger partial charge in [0, 0.05) is 11.3 Å². The van der Waals surface area contributed by atoms with Crippen molar-refractivity contribution in [2.45, 2.75) is 13.3 Å². The second kappa shape index (κ2) is 6.22. The van der Waals surface area contributed by atoms with E-state index >= 15 is 0 Å². The third-order valence-corrected chi connectivity index (χ3v) is 5.02. The molecule has 0 saturated carbocycles. The molecule has 3 aromatic heterocycles. The molecule has 0 unspecified atom stereocenters. The van der Waals surface area contributed by atoms with Gasteiger partial charge in [-0.25, -0.2) is 9.97 Å². The largest absolute Gasteiger partial charge is 0.496 e. The number of ether oxygens (including phenoxy) is 1. The maximum absolute atomic E-state index is 6.15. The fourth-order valence-corrected chi connectivity index (χ4v) is 3.84. The van der Waals surface area contributed by atoms with Crippen LogP contribution in [-0.2, 0) is 6.42 Å². The quantitative estimate of drug-likeness (QED) is 0.588. The number of aryl methyl sites for hydroxylation is 1. The molecule has 1 aromatic carbocycles. The summed E-state index contributed by atoms with van der Waals surface area (Å²) in [6, 6.07) is 13.8. The second-order valence-electron chi connectivity index (χ2n) is 5.76. The first-order chi connectivity index (χ1) is 12.1. The lowest BCUT2D eigenvalue weighted by molar-refractivity contribution is 0.410. The van der Waals surface area contributed by atoms with Gasteiger partial charge in [-0.3, -0.25) is 0 Å². The SMILES string of the molecule is COc1ccccc1Cc1cc2c(N)nc(-c3ccc(C)o3)nc2s1. The van der Waals surface area contributed by atoms with Crippen LogP contribution in [0.4, 0.5) is 5.82 Å². The molecule has 0 aliphatic carbocycles. The van der Waals surface area contributed by atoms with Gasteiger partial charge in [-0.15, -0.1) is 11.3 Å². The zero-order chi connectivity index (χ0) is 17.4. The van der Waals surface area contributed by atoms with E-state index in [4.69, 9.17) is 14.9 Å². The van der Waals surface area contributed by atoms with Crippen LogP contribution in [-0.4, -0.2) is 17.1 Å². The summed E-state index contributed by atoms with van der Waals surface area (Å²) in [5.41, 5.74) is 7.28. The number of anilines is 1. The van der Waals surface area contributed by atoms with Gasteiger partial charge in [-0.2, -0.15) is 0 Å². The van der Waals surface area contributed by atoms with Crippen LogP contribution in [0.5, 0.6) is 5.75 Å². The fraction of sp³-hybridized carbons (Fsp3) is 0.158. The molecule has 0 atom stereocenters. The Kier molecular flexibility index (Phi) is 3.89. The molecule has 0 spiro atoms. The highest BCUT2D eigenvalue weighted by molar-refractivity contribution is 7.18. The van der Waals surface area contributed by atoms with E-state index in [0.717, 1.165) is 38.6 Å². The van der Waals surface area contributed by atoms with Gasteiger partial charge in [0.2, 0.25) is 0 Å². The molecule has 3 heterocycles. The number of aromatic nitrogens is 2. The Morgan fingerprint density at radius 1 is 1.16 bits per heavy atom. The van der Waals surface area contributed by atoms with Crippen molar-refractivity contribution in [2.24, 2.45) is 0 Å². The normalized spacial score (nSPS) is 11.1. The minimum Gasteiger partial charge on any atom is -0.496 e. The standard InChI is InChI=1S/C19H17N3O2S/c1-11-7-8-16(24-11)18-21-17(20)14-10-13(25-19(14)22-18)9-12-5-3-4-6-15(12)23-2/h3-8,10H,9H2,1-2H3,(H2,20,21,22). The number of nitrogens with two attached hydrogens (primary N) is 1. The van der Waals surface area contributed by atoms with E-state index in [1.807, 2.05) is 37.3 Å². The Labute approximate surface area is 149 Å². The molecule has 6 heteroatoms. The highest BCUT2D eigenvalue weighted by Gasteiger charge is 2.14. The predicted octanol–water partition coefficient (Wildman–Crippen LogP) is 4.44. The Hall–Kier alpha value is -2.86. The van der Waals surface area contributed by atoms with Crippen molar-refractivity contribution < 1.29 is 9.15 Å². The molecule has 0 amide bonds. The Morgan fingerprint density at radius 2 is 2.00 bits per heavy atom. The number of thiophene rings is 1. The molecule has 4 aromatic rings. The topological polar surface area (TPSA) is 74.2 Å². The summed E-state index contributed by atoms with van der Waals surface area (Å²) >= 11 is 1.61. The Bertz CT molecular complexity index is 1050. The van der Waals surface area contributed by atoms with Gasteiger partial charge >= 0.3 is 0 Å². The lowest BCUT2D eigenvalue weighted by Crippen LogP contribution is -1.95. The van der Waals surface area contributed by atoms with Crippen molar-refractivity contribution in [3.8, 4) is 17.3 Å². The lowest BCUT2D eigenvalue weighted by atomic mass is 10.1. The highest BCUT2D eigenvalue weighted by Crippen LogP contribution is 2.32. The zero-order valence-electron chi connectivity index (χ0n) is 13.9. The lowest BCUT2D eigenvalue weighted by Gasteiger charge is -2.06. The molecule has 126 valence electrons. The third kappa shape index (κ3) is 2.96. The summed E-state index contributed by atoms with van der Waals surface area (Å²) in [6.45, 7) is 1.89. The first kappa shape index (κ1) is 15.7. The molecular formula is C19H17N3O2S.